The van der Waals surface area contributed by atoms with E-state index in [9.17, 15) is 9.59 Å². The molecule has 1 aliphatic heterocycles. The van der Waals surface area contributed by atoms with Crippen molar-refractivity contribution in [1.82, 2.24) is 10.3 Å². The lowest BCUT2D eigenvalue weighted by Crippen LogP contribution is -2.31. The number of hydrogen-bond acceptors (Lipinski definition) is 4. The number of anilines is 2. The van der Waals surface area contributed by atoms with Crippen molar-refractivity contribution in [2.24, 2.45) is 0 Å². The molecule has 0 aliphatic carbocycles. The van der Waals surface area contributed by atoms with E-state index in [0.29, 0.717) is 16.3 Å². The number of nitrogens with zero attached hydrogens (tertiary/aromatic N) is 2. The topological polar surface area (TPSA) is 74.3 Å². The molecular weight excluding hydrogens is 424 g/mol. The average Bonchev–Trinajstić information content (AvgIpc) is 3.35. The van der Waals surface area contributed by atoms with Gasteiger partial charge in [0, 0.05) is 13.1 Å². The monoisotopic (exact) mass is 448 g/mol. The number of pyridine rings is 1. The van der Waals surface area contributed by atoms with E-state index < -0.39 is 6.04 Å². The number of nitrogens with one attached hydrogen (secondary N) is 2. The SMILES string of the molecule is O=C(C[C@@H](NC(=O)c1ccccc1Cl)c1ccccc1)Nc1ccc(N2CCCC2)nc1. The summed E-state index contributed by atoms with van der Waals surface area (Å²) in [6.07, 6.45) is 4.11. The Bertz CT molecular complexity index is 1070. The lowest BCUT2D eigenvalue weighted by atomic mass is 10.0. The van der Waals surface area contributed by atoms with Crippen molar-refractivity contribution in [2.45, 2.75) is 25.3 Å². The highest BCUT2D eigenvalue weighted by atomic mass is 35.5. The van der Waals surface area contributed by atoms with Crippen LogP contribution in [-0.2, 0) is 4.79 Å². The Hall–Kier alpha value is -3.38. The third-order valence-corrected chi connectivity index (χ3v) is 5.81. The number of hydrogen-bond donors (Lipinski definition) is 2. The average molecular weight is 449 g/mol. The van der Waals surface area contributed by atoms with Gasteiger partial charge in [-0.15, -0.1) is 0 Å². The second kappa shape index (κ2) is 10.3. The minimum atomic E-state index is -0.503. The molecule has 1 atom stereocenters. The summed E-state index contributed by atoms with van der Waals surface area (Å²) < 4.78 is 0. The first-order valence-corrected chi connectivity index (χ1v) is 11.1. The molecule has 4 rings (SSSR count). The van der Waals surface area contributed by atoms with Crippen LogP contribution in [0.25, 0.3) is 0 Å². The van der Waals surface area contributed by atoms with E-state index in [4.69, 9.17) is 11.6 Å². The molecule has 1 saturated heterocycles. The van der Waals surface area contributed by atoms with Gasteiger partial charge in [0.15, 0.2) is 0 Å². The first-order chi connectivity index (χ1) is 15.6. The Morgan fingerprint density at radius 1 is 0.969 bits per heavy atom. The fraction of sp³-hybridized carbons (Fsp3) is 0.240. The molecule has 3 aromatic rings. The summed E-state index contributed by atoms with van der Waals surface area (Å²) >= 11 is 6.17. The van der Waals surface area contributed by atoms with Crippen LogP contribution in [0.1, 0.15) is 41.2 Å². The van der Waals surface area contributed by atoms with Gasteiger partial charge >= 0.3 is 0 Å². The van der Waals surface area contributed by atoms with Gasteiger partial charge in [-0.25, -0.2) is 4.98 Å². The van der Waals surface area contributed by atoms with Crippen molar-refractivity contribution in [2.75, 3.05) is 23.3 Å². The number of amides is 2. The number of benzene rings is 2. The highest BCUT2D eigenvalue weighted by Gasteiger charge is 2.21. The van der Waals surface area contributed by atoms with Gasteiger partial charge in [0.05, 0.1) is 34.9 Å². The molecule has 2 N–H and O–H groups in total. The van der Waals surface area contributed by atoms with Gasteiger partial charge in [-0.1, -0.05) is 54.1 Å². The van der Waals surface area contributed by atoms with Crippen molar-refractivity contribution in [3.8, 4) is 0 Å². The normalized spacial score (nSPS) is 14.1. The molecule has 0 saturated carbocycles. The molecule has 0 unspecified atom stereocenters. The van der Waals surface area contributed by atoms with E-state index in [0.717, 1.165) is 24.5 Å². The predicted octanol–water partition coefficient (Wildman–Crippen LogP) is 4.84. The van der Waals surface area contributed by atoms with E-state index in [1.165, 1.54) is 12.8 Å². The van der Waals surface area contributed by atoms with Crippen LogP contribution in [0.15, 0.2) is 72.9 Å². The van der Waals surface area contributed by atoms with E-state index in [2.05, 4.69) is 20.5 Å². The van der Waals surface area contributed by atoms with Crippen LogP contribution in [0.2, 0.25) is 5.02 Å². The number of carbonyl (C=O) groups is 2. The van der Waals surface area contributed by atoms with Gasteiger partial charge in [-0.2, -0.15) is 0 Å². The number of halogens is 1. The molecule has 0 bridgehead atoms. The van der Waals surface area contributed by atoms with Crippen LogP contribution in [0.5, 0.6) is 0 Å². The van der Waals surface area contributed by atoms with Crippen LogP contribution in [0, 0.1) is 0 Å². The molecule has 2 aromatic carbocycles. The van der Waals surface area contributed by atoms with Crippen molar-refractivity contribution >= 4 is 34.9 Å². The molecule has 164 valence electrons. The minimum Gasteiger partial charge on any atom is -0.357 e. The van der Waals surface area contributed by atoms with E-state index >= 15 is 0 Å². The second-order valence-corrected chi connectivity index (χ2v) is 8.18. The first kappa shape index (κ1) is 21.8. The summed E-state index contributed by atoms with van der Waals surface area (Å²) in [6.45, 7) is 2.03. The van der Waals surface area contributed by atoms with Gasteiger partial charge in [0.2, 0.25) is 5.91 Å². The van der Waals surface area contributed by atoms with Crippen molar-refractivity contribution in [3.05, 3.63) is 89.1 Å². The number of aromatic nitrogens is 1. The molecular formula is C25H25ClN4O2. The molecule has 1 aliphatic rings. The molecule has 32 heavy (non-hydrogen) atoms. The van der Waals surface area contributed by atoms with Gasteiger partial charge in [0.25, 0.3) is 5.91 Å². The summed E-state index contributed by atoms with van der Waals surface area (Å²) in [5, 5.41) is 6.20. The molecule has 6 nitrogen and oxygen atoms in total. The van der Waals surface area contributed by atoms with Crippen molar-refractivity contribution in [1.29, 1.82) is 0 Å². The Morgan fingerprint density at radius 3 is 2.38 bits per heavy atom. The maximum absolute atomic E-state index is 12.8. The first-order valence-electron chi connectivity index (χ1n) is 10.7. The smallest absolute Gasteiger partial charge is 0.253 e. The Morgan fingerprint density at radius 2 is 1.69 bits per heavy atom. The van der Waals surface area contributed by atoms with Crippen molar-refractivity contribution in [3.63, 3.8) is 0 Å². The fourth-order valence-corrected chi connectivity index (χ4v) is 4.03. The predicted molar refractivity (Wildman–Crippen MR) is 127 cm³/mol. The zero-order valence-corrected chi connectivity index (χ0v) is 18.4. The molecule has 2 amide bonds. The zero-order valence-electron chi connectivity index (χ0n) is 17.6. The Kier molecular flexibility index (Phi) is 7.02. The van der Waals surface area contributed by atoms with E-state index in [-0.39, 0.29) is 18.2 Å². The quantitative estimate of drug-likeness (QED) is 0.542. The zero-order chi connectivity index (χ0) is 22.3. The summed E-state index contributed by atoms with van der Waals surface area (Å²) in [5.74, 6) is 0.387. The van der Waals surface area contributed by atoms with Crippen LogP contribution in [0.4, 0.5) is 11.5 Å². The Labute approximate surface area is 192 Å². The van der Waals surface area contributed by atoms with Crippen LogP contribution in [0.3, 0.4) is 0 Å². The summed E-state index contributed by atoms with van der Waals surface area (Å²) in [4.78, 5) is 32.3. The summed E-state index contributed by atoms with van der Waals surface area (Å²) in [5.41, 5.74) is 1.84. The lowest BCUT2D eigenvalue weighted by Gasteiger charge is -2.20. The molecule has 1 aromatic heterocycles. The fourth-order valence-electron chi connectivity index (χ4n) is 3.81. The summed E-state index contributed by atoms with van der Waals surface area (Å²) in [7, 11) is 0. The Balaban J connectivity index is 1.44. The molecule has 0 spiro atoms. The van der Waals surface area contributed by atoms with Crippen LogP contribution >= 0.6 is 11.6 Å². The third kappa shape index (κ3) is 5.45. The molecule has 2 heterocycles. The van der Waals surface area contributed by atoms with Crippen LogP contribution < -0.4 is 15.5 Å². The molecule has 7 heteroatoms. The molecule has 1 fully saturated rings. The maximum atomic E-state index is 12.8. The van der Waals surface area contributed by atoms with Gasteiger partial charge in [0.1, 0.15) is 5.82 Å². The van der Waals surface area contributed by atoms with E-state index in [1.807, 2.05) is 42.5 Å². The van der Waals surface area contributed by atoms with Gasteiger partial charge in [-0.05, 0) is 42.7 Å². The highest BCUT2D eigenvalue weighted by Crippen LogP contribution is 2.22. The summed E-state index contributed by atoms with van der Waals surface area (Å²) in [6, 6.07) is 19.6. The van der Waals surface area contributed by atoms with Crippen molar-refractivity contribution < 1.29 is 9.59 Å². The van der Waals surface area contributed by atoms with Crippen LogP contribution in [-0.4, -0.2) is 29.9 Å². The number of carbonyl (C=O) groups excluding carboxylic acids is 2. The van der Waals surface area contributed by atoms with E-state index in [1.54, 1.807) is 30.5 Å². The van der Waals surface area contributed by atoms with Gasteiger partial charge < -0.3 is 15.5 Å². The van der Waals surface area contributed by atoms with Gasteiger partial charge in [-0.3, -0.25) is 9.59 Å². The lowest BCUT2D eigenvalue weighted by molar-refractivity contribution is -0.116. The second-order valence-electron chi connectivity index (χ2n) is 7.77. The highest BCUT2D eigenvalue weighted by molar-refractivity contribution is 6.33. The standard InChI is InChI=1S/C25H25ClN4O2/c26-21-11-5-4-10-20(21)25(32)29-22(18-8-2-1-3-9-18)16-24(31)28-19-12-13-23(27-17-19)30-14-6-7-15-30/h1-5,8-13,17,22H,6-7,14-16H2,(H,28,31)(H,29,32)/t22-/m1/s1. The third-order valence-electron chi connectivity index (χ3n) is 5.48. The molecule has 0 radical (unpaired) electrons. The minimum absolute atomic E-state index is 0.0775. The maximum Gasteiger partial charge on any atom is 0.253 e. The number of rotatable bonds is 7. The largest absolute Gasteiger partial charge is 0.357 e.